The molecule has 138 valence electrons. The van der Waals surface area contributed by atoms with E-state index >= 15 is 0 Å². The second-order valence-corrected chi connectivity index (χ2v) is 7.42. The molecule has 2 N–H and O–H groups in total. The third-order valence-corrected chi connectivity index (χ3v) is 5.75. The Morgan fingerprint density at radius 2 is 2.04 bits per heavy atom. The highest BCUT2D eigenvalue weighted by atomic mass is 16.5. The van der Waals surface area contributed by atoms with Crippen LogP contribution in [0.5, 0.6) is 5.75 Å². The van der Waals surface area contributed by atoms with Gasteiger partial charge < -0.3 is 20.1 Å². The standard InChI is InChI=1S/C20H30N2O3/c1-15-13-16(7-10-21-15)19(23)22-14-20(8-11-25-12-9-20)17-3-5-18(24-2)6-4-17/h3-6,15-16,21H,7-14H2,1-2H3,(H,22,23)/t15-,16-/m0/s1. The van der Waals surface area contributed by atoms with Gasteiger partial charge in [-0.25, -0.2) is 0 Å². The molecule has 2 saturated heterocycles. The maximum atomic E-state index is 12.7. The number of carbonyl (C=O) groups is 1. The molecule has 2 aliphatic heterocycles. The molecule has 5 nitrogen and oxygen atoms in total. The lowest BCUT2D eigenvalue weighted by atomic mass is 9.74. The molecule has 0 radical (unpaired) electrons. The molecule has 5 heteroatoms. The van der Waals surface area contributed by atoms with Gasteiger partial charge in [0.2, 0.25) is 5.91 Å². The number of hydrogen-bond acceptors (Lipinski definition) is 4. The van der Waals surface area contributed by atoms with Crippen molar-refractivity contribution in [2.24, 2.45) is 5.92 Å². The number of benzene rings is 1. The zero-order chi connectivity index (χ0) is 17.7. The van der Waals surface area contributed by atoms with Crippen molar-refractivity contribution in [2.75, 3.05) is 33.4 Å². The number of ether oxygens (including phenoxy) is 2. The number of hydrogen-bond donors (Lipinski definition) is 2. The van der Waals surface area contributed by atoms with Gasteiger partial charge >= 0.3 is 0 Å². The van der Waals surface area contributed by atoms with Crippen LogP contribution in [0.1, 0.15) is 38.2 Å². The van der Waals surface area contributed by atoms with Gasteiger partial charge in [0, 0.05) is 37.1 Å². The fourth-order valence-corrected chi connectivity index (χ4v) is 4.04. The molecule has 25 heavy (non-hydrogen) atoms. The molecule has 1 aromatic carbocycles. The highest BCUT2D eigenvalue weighted by molar-refractivity contribution is 5.79. The molecule has 0 aromatic heterocycles. The molecular formula is C20H30N2O3. The summed E-state index contributed by atoms with van der Waals surface area (Å²) in [6.07, 6.45) is 3.71. The molecule has 2 heterocycles. The molecular weight excluding hydrogens is 316 g/mol. The van der Waals surface area contributed by atoms with Gasteiger partial charge in [0.15, 0.2) is 0 Å². The minimum absolute atomic E-state index is 0.0429. The first-order chi connectivity index (χ1) is 12.1. The summed E-state index contributed by atoms with van der Waals surface area (Å²) >= 11 is 0. The van der Waals surface area contributed by atoms with Gasteiger partial charge in [-0.05, 0) is 56.8 Å². The minimum Gasteiger partial charge on any atom is -0.497 e. The summed E-state index contributed by atoms with van der Waals surface area (Å²) in [7, 11) is 1.68. The Morgan fingerprint density at radius 3 is 2.68 bits per heavy atom. The van der Waals surface area contributed by atoms with E-state index in [1.165, 1.54) is 5.56 Å². The van der Waals surface area contributed by atoms with E-state index in [2.05, 4.69) is 29.7 Å². The van der Waals surface area contributed by atoms with E-state index in [1.807, 2.05) is 12.1 Å². The predicted molar refractivity (Wildman–Crippen MR) is 97.9 cm³/mol. The average molecular weight is 346 g/mol. The maximum absolute atomic E-state index is 12.7. The SMILES string of the molecule is COc1ccc(C2(CNC(=O)[C@H]3CCN[C@@H](C)C3)CCOCC2)cc1. The van der Waals surface area contributed by atoms with Crippen LogP contribution >= 0.6 is 0 Å². The van der Waals surface area contributed by atoms with Gasteiger partial charge in [0.25, 0.3) is 0 Å². The summed E-state index contributed by atoms with van der Waals surface area (Å²) in [5.74, 6) is 1.19. The van der Waals surface area contributed by atoms with Crippen molar-refractivity contribution in [1.82, 2.24) is 10.6 Å². The molecule has 3 rings (SSSR count). The van der Waals surface area contributed by atoms with Crippen molar-refractivity contribution in [3.05, 3.63) is 29.8 Å². The Bertz CT molecular complexity index is 567. The first kappa shape index (κ1) is 18.2. The molecule has 1 amide bonds. The summed E-state index contributed by atoms with van der Waals surface area (Å²) in [5.41, 5.74) is 1.22. The van der Waals surface area contributed by atoms with Crippen molar-refractivity contribution in [1.29, 1.82) is 0 Å². The summed E-state index contributed by atoms with van der Waals surface area (Å²) in [6.45, 7) is 5.24. The monoisotopic (exact) mass is 346 g/mol. The lowest BCUT2D eigenvalue weighted by Gasteiger charge is -2.38. The molecule has 2 atom stereocenters. The minimum atomic E-state index is -0.0429. The zero-order valence-corrected chi connectivity index (χ0v) is 15.3. The Morgan fingerprint density at radius 1 is 1.32 bits per heavy atom. The summed E-state index contributed by atoms with van der Waals surface area (Å²) in [5, 5.41) is 6.67. The molecule has 2 fully saturated rings. The second-order valence-electron chi connectivity index (χ2n) is 7.42. The Labute approximate surface area is 150 Å². The average Bonchev–Trinajstić information content (AvgIpc) is 2.67. The highest BCUT2D eigenvalue weighted by Crippen LogP contribution is 2.35. The summed E-state index contributed by atoms with van der Waals surface area (Å²) < 4.78 is 10.9. The Kier molecular flexibility index (Phi) is 5.97. The van der Waals surface area contributed by atoms with E-state index in [0.29, 0.717) is 12.6 Å². The fourth-order valence-electron chi connectivity index (χ4n) is 4.04. The Balaban J connectivity index is 1.68. The molecule has 2 aliphatic rings. The summed E-state index contributed by atoms with van der Waals surface area (Å²) in [6, 6.07) is 8.68. The molecule has 0 saturated carbocycles. The smallest absolute Gasteiger partial charge is 0.223 e. The van der Waals surface area contributed by atoms with E-state index < -0.39 is 0 Å². The number of carbonyl (C=O) groups excluding carboxylic acids is 1. The van der Waals surface area contributed by atoms with Crippen molar-refractivity contribution in [2.45, 2.75) is 44.1 Å². The van der Waals surface area contributed by atoms with E-state index in [4.69, 9.17) is 9.47 Å². The lowest BCUT2D eigenvalue weighted by Crippen LogP contribution is -2.48. The van der Waals surface area contributed by atoms with Gasteiger partial charge in [-0.1, -0.05) is 12.1 Å². The van der Waals surface area contributed by atoms with Crippen molar-refractivity contribution in [3.8, 4) is 5.75 Å². The van der Waals surface area contributed by atoms with Crippen LogP contribution in [0.4, 0.5) is 0 Å². The van der Waals surface area contributed by atoms with Crippen LogP contribution in [0.15, 0.2) is 24.3 Å². The van der Waals surface area contributed by atoms with E-state index in [0.717, 1.165) is 51.2 Å². The largest absolute Gasteiger partial charge is 0.497 e. The van der Waals surface area contributed by atoms with Crippen molar-refractivity contribution >= 4 is 5.91 Å². The van der Waals surface area contributed by atoms with Gasteiger partial charge in [-0.15, -0.1) is 0 Å². The number of piperidine rings is 1. The molecule has 1 aromatic rings. The van der Waals surface area contributed by atoms with E-state index in [1.54, 1.807) is 7.11 Å². The van der Waals surface area contributed by atoms with E-state index in [-0.39, 0.29) is 17.2 Å². The van der Waals surface area contributed by atoms with Gasteiger partial charge in [-0.2, -0.15) is 0 Å². The van der Waals surface area contributed by atoms with Gasteiger partial charge in [0.1, 0.15) is 5.75 Å². The van der Waals surface area contributed by atoms with Gasteiger partial charge in [0.05, 0.1) is 7.11 Å². The zero-order valence-electron chi connectivity index (χ0n) is 15.3. The second kappa shape index (κ2) is 8.19. The van der Waals surface area contributed by atoms with Crippen LogP contribution in [0, 0.1) is 5.92 Å². The number of amides is 1. The number of rotatable bonds is 5. The number of nitrogens with one attached hydrogen (secondary N) is 2. The van der Waals surface area contributed by atoms with E-state index in [9.17, 15) is 4.79 Å². The normalized spacial score (nSPS) is 26.0. The van der Waals surface area contributed by atoms with Crippen LogP contribution in [0.2, 0.25) is 0 Å². The fraction of sp³-hybridized carbons (Fsp3) is 0.650. The first-order valence-electron chi connectivity index (χ1n) is 9.36. The Hall–Kier alpha value is -1.59. The predicted octanol–water partition coefficient (Wildman–Crippen LogP) is 2.25. The van der Waals surface area contributed by atoms with Crippen LogP contribution < -0.4 is 15.4 Å². The van der Waals surface area contributed by atoms with Crippen LogP contribution in [0.3, 0.4) is 0 Å². The third-order valence-electron chi connectivity index (χ3n) is 5.75. The number of methoxy groups -OCH3 is 1. The molecule has 0 spiro atoms. The van der Waals surface area contributed by atoms with Crippen LogP contribution in [0.25, 0.3) is 0 Å². The third kappa shape index (κ3) is 4.33. The van der Waals surface area contributed by atoms with Crippen LogP contribution in [-0.2, 0) is 14.9 Å². The van der Waals surface area contributed by atoms with Gasteiger partial charge in [-0.3, -0.25) is 4.79 Å². The quantitative estimate of drug-likeness (QED) is 0.858. The van der Waals surface area contributed by atoms with Crippen LogP contribution in [-0.4, -0.2) is 45.4 Å². The lowest BCUT2D eigenvalue weighted by molar-refractivity contribution is -0.126. The molecule has 0 aliphatic carbocycles. The topological polar surface area (TPSA) is 59.6 Å². The van der Waals surface area contributed by atoms with Crippen molar-refractivity contribution in [3.63, 3.8) is 0 Å². The highest BCUT2D eigenvalue weighted by Gasteiger charge is 2.36. The summed E-state index contributed by atoms with van der Waals surface area (Å²) in [4.78, 5) is 12.7. The molecule has 0 unspecified atom stereocenters. The first-order valence-corrected chi connectivity index (χ1v) is 9.36. The van der Waals surface area contributed by atoms with Crippen molar-refractivity contribution < 1.29 is 14.3 Å². The molecule has 0 bridgehead atoms. The maximum Gasteiger partial charge on any atom is 0.223 e.